The average molecular weight is 414 g/mol. The van der Waals surface area contributed by atoms with Gasteiger partial charge in [-0.1, -0.05) is 0 Å². The maximum absolute atomic E-state index is 11.2. The lowest BCUT2D eigenvalue weighted by molar-refractivity contribution is 0.607. The smallest absolute Gasteiger partial charge is 0.229 e. The molecule has 0 saturated heterocycles. The van der Waals surface area contributed by atoms with Crippen LogP contribution in [0.1, 0.15) is 0 Å². The number of benzene rings is 1. The second-order valence-corrected chi connectivity index (χ2v) is 7.51. The van der Waals surface area contributed by atoms with E-state index in [-0.39, 0.29) is 0 Å². The number of nitrogens with one attached hydrogen (secondary N) is 1. The number of furan rings is 1. The standard InChI is InChI=1S/C14H11IN2O3S/c1-21(18,19)17-11-4-2-9(3-5-11)13-6-10-7-16-8-12(15)14(10)20-13/h2-8,17H,1H3. The summed E-state index contributed by atoms with van der Waals surface area (Å²) in [5, 5.41) is 0.940. The Morgan fingerprint density at radius 3 is 2.52 bits per heavy atom. The molecule has 0 bridgehead atoms. The molecule has 0 spiro atoms. The molecule has 0 atom stereocenters. The number of fused-ring (bicyclic) bond motifs is 1. The van der Waals surface area contributed by atoms with Crippen LogP contribution in [0.3, 0.4) is 0 Å². The SMILES string of the molecule is CS(=O)(=O)Nc1ccc(-c2cc3cncc(I)c3o2)cc1. The van der Waals surface area contributed by atoms with Crippen LogP contribution in [0.4, 0.5) is 5.69 Å². The van der Waals surface area contributed by atoms with E-state index in [0.29, 0.717) is 5.69 Å². The van der Waals surface area contributed by atoms with Crippen molar-refractivity contribution in [2.45, 2.75) is 0 Å². The fourth-order valence-corrected chi connectivity index (χ4v) is 3.13. The molecule has 2 aromatic heterocycles. The van der Waals surface area contributed by atoms with E-state index in [9.17, 15) is 8.42 Å². The zero-order valence-electron chi connectivity index (χ0n) is 11.0. The van der Waals surface area contributed by atoms with Crippen molar-refractivity contribution in [3.8, 4) is 11.3 Å². The molecular formula is C14H11IN2O3S. The van der Waals surface area contributed by atoms with Crippen LogP contribution in [0.2, 0.25) is 0 Å². The van der Waals surface area contributed by atoms with Crippen molar-refractivity contribution in [1.29, 1.82) is 0 Å². The molecule has 0 aliphatic heterocycles. The number of pyridine rings is 1. The highest BCUT2D eigenvalue weighted by molar-refractivity contribution is 14.1. The lowest BCUT2D eigenvalue weighted by atomic mass is 10.1. The first kappa shape index (κ1) is 14.3. The fourth-order valence-electron chi connectivity index (χ4n) is 1.99. The predicted molar refractivity (Wildman–Crippen MR) is 90.6 cm³/mol. The molecule has 0 aliphatic rings. The lowest BCUT2D eigenvalue weighted by Gasteiger charge is -2.04. The van der Waals surface area contributed by atoms with Gasteiger partial charge in [-0.2, -0.15) is 0 Å². The van der Waals surface area contributed by atoms with Gasteiger partial charge >= 0.3 is 0 Å². The molecule has 0 radical (unpaired) electrons. The molecule has 3 rings (SSSR count). The monoisotopic (exact) mass is 414 g/mol. The second-order valence-electron chi connectivity index (χ2n) is 4.60. The molecule has 0 saturated carbocycles. The lowest BCUT2D eigenvalue weighted by Crippen LogP contribution is -2.09. The third-order valence-electron chi connectivity index (χ3n) is 2.85. The molecule has 0 fully saturated rings. The number of nitrogens with zero attached hydrogens (tertiary/aromatic N) is 1. The van der Waals surface area contributed by atoms with E-state index in [1.165, 1.54) is 0 Å². The molecule has 5 nitrogen and oxygen atoms in total. The molecule has 21 heavy (non-hydrogen) atoms. The van der Waals surface area contributed by atoms with Crippen LogP contribution >= 0.6 is 22.6 Å². The number of rotatable bonds is 3. The number of hydrogen-bond donors (Lipinski definition) is 1. The predicted octanol–water partition coefficient (Wildman–Crippen LogP) is 3.47. The molecule has 108 valence electrons. The van der Waals surface area contributed by atoms with Crippen LogP contribution in [0.25, 0.3) is 22.3 Å². The zero-order valence-corrected chi connectivity index (χ0v) is 14.0. The highest BCUT2D eigenvalue weighted by Crippen LogP contribution is 2.30. The summed E-state index contributed by atoms with van der Waals surface area (Å²) in [6.07, 6.45) is 4.62. The van der Waals surface area contributed by atoms with Crippen LogP contribution in [0.5, 0.6) is 0 Å². The minimum Gasteiger partial charge on any atom is -0.455 e. The minimum atomic E-state index is -3.26. The van der Waals surface area contributed by atoms with E-state index in [4.69, 9.17) is 4.42 Å². The minimum absolute atomic E-state index is 0.522. The molecule has 1 aromatic carbocycles. The quantitative estimate of drug-likeness (QED) is 0.667. The highest BCUT2D eigenvalue weighted by atomic mass is 127. The molecule has 1 N–H and O–H groups in total. The highest BCUT2D eigenvalue weighted by Gasteiger charge is 2.09. The third-order valence-corrected chi connectivity index (χ3v) is 4.23. The average Bonchev–Trinajstić information content (AvgIpc) is 2.83. The van der Waals surface area contributed by atoms with Gasteiger partial charge in [-0.15, -0.1) is 0 Å². The summed E-state index contributed by atoms with van der Waals surface area (Å²) in [4.78, 5) is 4.13. The summed E-state index contributed by atoms with van der Waals surface area (Å²) in [6, 6.07) is 8.94. The van der Waals surface area contributed by atoms with Crippen molar-refractivity contribution in [1.82, 2.24) is 4.98 Å². The summed E-state index contributed by atoms with van der Waals surface area (Å²) < 4.78 is 31.6. The van der Waals surface area contributed by atoms with Gasteiger partial charge in [0.15, 0.2) is 5.58 Å². The molecule has 7 heteroatoms. The van der Waals surface area contributed by atoms with Gasteiger partial charge in [0.25, 0.3) is 0 Å². The van der Waals surface area contributed by atoms with Gasteiger partial charge in [0.1, 0.15) is 5.76 Å². The van der Waals surface area contributed by atoms with E-state index in [2.05, 4.69) is 32.3 Å². The van der Waals surface area contributed by atoms with Crippen LogP contribution in [0.15, 0.2) is 47.1 Å². The van der Waals surface area contributed by atoms with Gasteiger partial charge in [-0.05, 0) is 52.9 Å². The molecule has 2 heterocycles. The first-order valence-corrected chi connectivity index (χ1v) is 9.01. The number of anilines is 1. The van der Waals surface area contributed by atoms with Crippen LogP contribution < -0.4 is 4.72 Å². The summed E-state index contributed by atoms with van der Waals surface area (Å²) in [6.45, 7) is 0. The first-order chi connectivity index (χ1) is 9.92. The van der Waals surface area contributed by atoms with E-state index in [0.717, 1.165) is 32.1 Å². The number of aromatic nitrogens is 1. The Hall–Kier alpha value is -1.61. The summed E-state index contributed by atoms with van der Waals surface area (Å²) >= 11 is 2.18. The molecule has 0 amide bonds. The fraction of sp³-hybridized carbons (Fsp3) is 0.0714. The maximum Gasteiger partial charge on any atom is 0.229 e. The molecule has 3 aromatic rings. The van der Waals surface area contributed by atoms with Crippen molar-refractivity contribution in [3.05, 3.63) is 46.3 Å². The summed E-state index contributed by atoms with van der Waals surface area (Å²) in [5.74, 6) is 0.724. The van der Waals surface area contributed by atoms with Crippen molar-refractivity contribution >= 4 is 49.3 Å². The Labute approximate surface area is 135 Å². The first-order valence-electron chi connectivity index (χ1n) is 6.04. The van der Waals surface area contributed by atoms with Crippen molar-refractivity contribution in [2.75, 3.05) is 11.0 Å². The van der Waals surface area contributed by atoms with Crippen molar-refractivity contribution < 1.29 is 12.8 Å². The molecule has 0 aliphatic carbocycles. The summed E-state index contributed by atoms with van der Waals surface area (Å²) in [7, 11) is -3.26. The Morgan fingerprint density at radius 1 is 1.19 bits per heavy atom. The van der Waals surface area contributed by atoms with Gasteiger partial charge < -0.3 is 4.42 Å². The number of hydrogen-bond acceptors (Lipinski definition) is 4. The number of halogens is 1. The Morgan fingerprint density at radius 2 is 1.90 bits per heavy atom. The van der Waals surface area contributed by atoms with E-state index in [1.54, 1.807) is 24.5 Å². The number of sulfonamides is 1. The van der Waals surface area contributed by atoms with Gasteiger partial charge in [0.05, 0.1) is 9.83 Å². The maximum atomic E-state index is 11.2. The topological polar surface area (TPSA) is 72.2 Å². The van der Waals surface area contributed by atoms with Crippen LogP contribution in [0, 0.1) is 3.57 Å². The van der Waals surface area contributed by atoms with E-state index < -0.39 is 10.0 Å². The molecular weight excluding hydrogens is 403 g/mol. The van der Waals surface area contributed by atoms with E-state index in [1.807, 2.05) is 18.2 Å². The second kappa shape index (κ2) is 5.30. The largest absolute Gasteiger partial charge is 0.455 e. The van der Waals surface area contributed by atoms with E-state index >= 15 is 0 Å². The van der Waals surface area contributed by atoms with Gasteiger partial charge in [-0.25, -0.2) is 8.42 Å². The van der Waals surface area contributed by atoms with Gasteiger partial charge in [-0.3, -0.25) is 9.71 Å². The third kappa shape index (κ3) is 3.18. The van der Waals surface area contributed by atoms with Gasteiger partial charge in [0.2, 0.25) is 10.0 Å². The van der Waals surface area contributed by atoms with Crippen molar-refractivity contribution in [3.63, 3.8) is 0 Å². The molecule has 0 unspecified atom stereocenters. The van der Waals surface area contributed by atoms with Crippen LogP contribution in [-0.2, 0) is 10.0 Å². The zero-order chi connectivity index (χ0) is 15.0. The Balaban J connectivity index is 1.97. The van der Waals surface area contributed by atoms with Crippen LogP contribution in [-0.4, -0.2) is 19.7 Å². The normalized spacial score (nSPS) is 11.7. The van der Waals surface area contributed by atoms with Crippen molar-refractivity contribution in [2.24, 2.45) is 0 Å². The Bertz CT molecular complexity index is 902. The summed E-state index contributed by atoms with van der Waals surface area (Å²) in [5.41, 5.74) is 2.20. The van der Waals surface area contributed by atoms with Gasteiger partial charge in [0, 0.05) is 29.0 Å². The Kier molecular flexibility index (Phi) is 3.62.